The Morgan fingerprint density at radius 1 is 1.47 bits per heavy atom. The zero-order valence-corrected chi connectivity index (χ0v) is 12.5. The monoisotopic (exact) mass is 296 g/mol. The number of hydrogen-bond acceptors (Lipinski definition) is 4. The van der Waals surface area contributed by atoms with Crippen LogP contribution in [0.4, 0.5) is 0 Å². The van der Waals surface area contributed by atoms with Crippen LogP contribution in [0.3, 0.4) is 0 Å². The van der Waals surface area contributed by atoms with E-state index in [2.05, 4.69) is 23.6 Å². The van der Waals surface area contributed by atoms with Gasteiger partial charge in [-0.2, -0.15) is 0 Å². The molecule has 0 aromatic carbocycles. The Morgan fingerprint density at radius 3 is 2.47 bits per heavy atom. The molecule has 1 rings (SSSR count). The Balaban J connectivity index is 2.80. The summed E-state index contributed by atoms with van der Waals surface area (Å²) in [5, 5.41) is 0. The molecule has 1 atom stereocenters. The first-order valence-corrected chi connectivity index (χ1v) is 8.22. The molecule has 1 aromatic heterocycles. The van der Waals surface area contributed by atoms with E-state index in [-0.39, 0.29) is 14.7 Å². The average Bonchev–Trinajstić information content (AvgIpc) is 2.66. The molecule has 7 heteroatoms. The number of nitrogens with zero attached hydrogens (tertiary/aromatic N) is 1. The zero-order chi connectivity index (χ0) is 13.1. The van der Waals surface area contributed by atoms with Gasteiger partial charge in [-0.05, 0) is 12.8 Å². The van der Waals surface area contributed by atoms with E-state index in [1.165, 1.54) is 6.20 Å². The minimum atomic E-state index is -3.48. The lowest BCUT2D eigenvalue weighted by Crippen LogP contribution is -2.37. The second-order valence-electron chi connectivity index (χ2n) is 3.92. The third kappa shape index (κ3) is 3.91. The molecule has 0 amide bonds. The Bertz CT molecular complexity index is 455. The molecular weight excluding hydrogens is 280 g/mol. The highest BCUT2D eigenvalue weighted by Gasteiger charge is 2.23. The fourth-order valence-electron chi connectivity index (χ4n) is 1.76. The van der Waals surface area contributed by atoms with Gasteiger partial charge in [-0.1, -0.05) is 49.6 Å². The summed E-state index contributed by atoms with van der Waals surface area (Å²) in [7, 11) is -3.48. The van der Waals surface area contributed by atoms with Crippen molar-refractivity contribution in [3.05, 3.63) is 10.7 Å². The van der Waals surface area contributed by atoms with Crippen molar-refractivity contribution in [1.29, 1.82) is 0 Å². The SMILES string of the molecule is CCC(CC)C(C)NS(=O)(=O)c1cnc(Cl)s1. The lowest BCUT2D eigenvalue weighted by Gasteiger charge is -2.21. The van der Waals surface area contributed by atoms with Crippen LogP contribution in [0.15, 0.2) is 10.4 Å². The first-order chi connectivity index (χ1) is 7.90. The number of nitrogens with one attached hydrogen (secondary N) is 1. The van der Waals surface area contributed by atoms with Crippen LogP contribution in [-0.4, -0.2) is 19.4 Å². The van der Waals surface area contributed by atoms with E-state index in [0.717, 1.165) is 24.2 Å². The number of rotatable bonds is 6. The third-order valence-electron chi connectivity index (χ3n) is 2.82. The summed E-state index contributed by atoms with van der Waals surface area (Å²) >= 11 is 6.60. The Kier molecular flexibility index (Phi) is 5.37. The maximum Gasteiger partial charge on any atom is 0.251 e. The van der Waals surface area contributed by atoms with Crippen molar-refractivity contribution < 1.29 is 8.42 Å². The molecule has 1 unspecified atom stereocenters. The molecule has 1 N–H and O–H groups in total. The highest BCUT2D eigenvalue weighted by atomic mass is 35.5. The largest absolute Gasteiger partial charge is 0.251 e. The number of halogens is 1. The predicted octanol–water partition coefficient (Wildman–Crippen LogP) is 2.90. The summed E-state index contributed by atoms with van der Waals surface area (Å²) in [4.78, 5) is 3.74. The van der Waals surface area contributed by atoms with Crippen LogP contribution in [0.1, 0.15) is 33.6 Å². The van der Waals surface area contributed by atoms with Crippen LogP contribution < -0.4 is 4.72 Å². The van der Waals surface area contributed by atoms with Crippen LogP contribution in [0, 0.1) is 5.92 Å². The van der Waals surface area contributed by atoms with E-state index < -0.39 is 10.0 Å². The molecule has 0 spiro atoms. The molecule has 1 heterocycles. The summed E-state index contributed by atoms with van der Waals surface area (Å²) in [6, 6.07) is -0.0872. The molecule has 0 aliphatic rings. The van der Waals surface area contributed by atoms with Gasteiger partial charge in [-0.25, -0.2) is 18.1 Å². The fourth-order valence-corrected chi connectivity index (χ4v) is 4.38. The fraction of sp³-hybridized carbons (Fsp3) is 0.700. The summed E-state index contributed by atoms with van der Waals surface area (Å²) in [6.45, 7) is 6.00. The van der Waals surface area contributed by atoms with Gasteiger partial charge < -0.3 is 0 Å². The molecule has 1 aromatic rings. The van der Waals surface area contributed by atoms with E-state index in [0.29, 0.717) is 5.92 Å². The highest BCUT2D eigenvalue weighted by Crippen LogP contribution is 2.23. The molecule has 0 radical (unpaired) electrons. The lowest BCUT2D eigenvalue weighted by atomic mass is 9.96. The van der Waals surface area contributed by atoms with Crippen LogP contribution in [-0.2, 0) is 10.0 Å². The molecule has 0 aliphatic carbocycles. The predicted molar refractivity (Wildman–Crippen MR) is 71.0 cm³/mol. The van der Waals surface area contributed by atoms with E-state index in [1.807, 2.05) is 6.92 Å². The van der Waals surface area contributed by atoms with E-state index in [1.54, 1.807) is 0 Å². The van der Waals surface area contributed by atoms with E-state index >= 15 is 0 Å². The van der Waals surface area contributed by atoms with Crippen molar-refractivity contribution in [2.24, 2.45) is 5.92 Å². The number of aromatic nitrogens is 1. The molecular formula is C10H17ClN2O2S2. The van der Waals surface area contributed by atoms with Crippen molar-refractivity contribution in [2.75, 3.05) is 0 Å². The van der Waals surface area contributed by atoms with Gasteiger partial charge in [0.25, 0.3) is 10.0 Å². The molecule has 0 saturated heterocycles. The molecule has 0 saturated carbocycles. The van der Waals surface area contributed by atoms with E-state index in [4.69, 9.17) is 11.6 Å². The topological polar surface area (TPSA) is 59.1 Å². The molecule has 17 heavy (non-hydrogen) atoms. The van der Waals surface area contributed by atoms with Gasteiger partial charge in [-0.15, -0.1) is 0 Å². The van der Waals surface area contributed by atoms with Crippen LogP contribution >= 0.6 is 22.9 Å². The maximum atomic E-state index is 12.0. The second-order valence-corrected chi connectivity index (χ2v) is 7.47. The second kappa shape index (κ2) is 6.13. The molecule has 0 fully saturated rings. The number of hydrogen-bond donors (Lipinski definition) is 1. The lowest BCUT2D eigenvalue weighted by molar-refractivity contribution is 0.391. The molecule has 0 aliphatic heterocycles. The first kappa shape index (κ1) is 14.9. The van der Waals surface area contributed by atoms with E-state index in [9.17, 15) is 8.42 Å². The highest BCUT2D eigenvalue weighted by molar-refractivity contribution is 7.91. The maximum absolute atomic E-state index is 12.0. The molecule has 4 nitrogen and oxygen atoms in total. The van der Waals surface area contributed by atoms with Crippen LogP contribution in [0.25, 0.3) is 0 Å². The van der Waals surface area contributed by atoms with Crippen molar-refractivity contribution in [3.8, 4) is 0 Å². The zero-order valence-electron chi connectivity index (χ0n) is 10.1. The minimum Gasteiger partial charge on any atom is -0.232 e. The summed E-state index contributed by atoms with van der Waals surface area (Å²) in [5.74, 6) is 0.341. The molecule has 98 valence electrons. The smallest absolute Gasteiger partial charge is 0.232 e. The van der Waals surface area contributed by atoms with Gasteiger partial charge in [0, 0.05) is 6.04 Å². The molecule has 0 bridgehead atoms. The quantitative estimate of drug-likeness (QED) is 0.878. The van der Waals surface area contributed by atoms with Gasteiger partial charge in [0.15, 0.2) is 8.68 Å². The van der Waals surface area contributed by atoms with Crippen molar-refractivity contribution in [1.82, 2.24) is 9.71 Å². The number of thiazole rings is 1. The summed E-state index contributed by atoms with van der Waals surface area (Å²) < 4.78 is 27.1. The van der Waals surface area contributed by atoms with Crippen LogP contribution in [0.2, 0.25) is 4.47 Å². The van der Waals surface area contributed by atoms with Crippen molar-refractivity contribution in [2.45, 2.75) is 43.9 Å². The standard InChI is InChI=1S/C10H17ClN2O2S2/c1-4-8(5-2)7(3)13-17(14,15)9-6-12-10(11)16-9/h6-8,13H,4-5H2,1-3H3. The van der Waals surface area contributed by atoms with Crippen molar-refractivity contribution in [3.63, 3.8) is 0 Å². The van der Waals surface area contributed by atoms with Gasteiger partial charge in [-0.3, -0.25) is 0 Å². The van der Waals surface area contributed by atoms with Gasteiger partial charge >= 0.3 is 0 Å². The van der Waals surface area contributed by atoms with Gasteiger partial charge in [0.1, 0.15) is 0 Å². The summed E-state index contributed by atoms with van der Waals surface area (Å²) in [5.41, 5.74) is 0. The Morgan fingerprint density at radius 2 is 2.06 bits per heavy atom. The first-order valence-electron chi connectivity index (χ1n) is 5.54. The normalized spacial score (nSPS) is 14.2. The summed E-state index contributed by atoms with van der Waals surface area (Å²) in [6.07, 6.45) is 3.18. The van der Waals surface area contributed by atoms with Crippen LogP contribution in [0.5, 0.6) is 0 Å². The average molecular weight is 297 g/mol. The number of sulfonamides is 1. The Labute approximate surface area is 111 Å². The minimum absolute atomic E-state index is 0.0872. The van der Waals surface area contributed by atoms with Gasteiger partial charge in [0.2, 0.25) is 0 Å². The van der Waals surface area contributed by atoms with Crippen molar-refractivity contribution >= 4 is 33.0 Å². The third-order valence-corrected chi connectivity index (χ3v) is 5.95. The Hall–Kier alpha value is -0.170. The van der Waals surface area contributed by atoms with Gasteiger partial charge in [0.05, 0.1) is 6.20 Å².